The Balaban J connectivity index is 0.00000220. The van der Waals surface area contributed by atoms with Crippen molar-refractivity contribution in [3.05, 3.63) is 35.4 Å². The smallest absolute Gasteiger partial charge is 0.179 e. The predicted molar refractivity (Wildman–Crippen MR) is 90.1 cm³/mol. The van der Waals surface area contributed by atoms with E-state index in [1.807, 2.05) is 31.2 Å². The Morgan fingerprint density at radius 3 is 2.38 bits per heavy atom. The Morgan fingerprint density at radius 1 is 1.24 bits per heavy atom. The van der Waals surface area contributed by atoms with Crippen LogP contribution in [0.5, 0.6) is 0 Å². The molecule has 0 radical (unpaired) electrons. The first kappa shape index (κ1) is 17.8. The number of hydrogen-bond donors (Lipinski definition) is 0. The van der Waals surface area contributed by atoms with Crippen molar-refractivity contribution in [2.45, 2.75) is 45.6 Å². The quantitative estimate of drug-likeness (QED) is 0.607. The fourth-order valence-corrected chi connectivity index (χ4v) is 2.86. The number of nitrogens with zero attached hydrogens (tertiary/aromatic N) is 1. The first-order valence-corrected chi connectivity index (χ1v) is 7.57. The molecular formula is C18H24ClNO. The normalized spacial score (nSPS) is 15.7. The lowest BCUT2D eigenvalue weighted by Gasteiger charge is -2.26. The number of carbonyl (C=O) groups is 1. The van der Waals surface area contributed by atoms with Crippen LogP contribution in [0.4, 0.5) is 0 Å². The number of likely N-dealkylation sites (tertiary alicyclic amines) is 1. The van der Waals surface area contributed by atoms with Gasteiger partial charge in [0.1, 0.15) is 0 Å². The van der Waals surface area contributed by atoms with Gasteiger partial charge in [-0.25, -0.2) is 0 Å². The molecule has 0 spiro atoms. The number of benzene rings is 1. The van der Waals surface area contributed by atoms with Crippen LogP contribution in [-0.4, -0.2) is 29.8 Å². The summed E-state index contributed by atoms with van der Waals surface area (Å²) in [5.41, 5.74) is 1.79. The van der Waals surface area contributed by atoms with Crippen LogP contribution >= 0.6 is 12.4 Å². The van der Waals surface area contributed by atoms with Gasteiger partial charge >= 0.3 is 0 Å². The number of halogens is 1. The van der Waals surface area contributed by atoms with E-state index in [1.165, 1.54) is 12.8 Å². The molecule has 1 aliphatic rings. The third kappa shape index (κ3) is 4.59. The van der Waals surface area contributed by atoms with Crippen LogP contribution in [0.25, 0.3) is 0 Å². The third-order valence-electron chi connectivity index (χ3n) is 3.88. The molecule has 1 heterocycles. The van der Waals surface area contributed by atoms with E-state index >= 15 is 0 Å². The van der Waals surface area contributed by atoms with Gasteiger partial charge in [0.2, 0.25) is 0 Å². The molecule has 0 aromatic heterocycles. The fraction of sp³-hybridized carbons (Fsp3) is 0.500. The largest absolute Gasteiger partial charge is 0.293 e. The summed E-state index contributed by atoms with van der Waals surface area (Å²) in [6.07, 6.45) is 4.44. The second kappa shape index (κ2) is 8.87. The van der Waals surface area contributed by atoms with Gasteiger partial charge in [-0.2, -0.15) is 0 Å². The van der Waals surface area contributed by atoms with Gasteiger partial charge in [0.25, 0.3) is 0 Å². The van der Waals surface area contributed by atoms with E-state index in [9.17, 15) is 4.79 Å². The van der Waals surface area contributed by atoms with Gasteiger partial charge in [-0.05, 0) is 51.4 Å². The molecule has 1 aromatic rings. The molecule has 114 valence electrons. The van der Waals surface area contributed by atoms with E-state index in [-0.39, 0.29) is 24.2 Å². The maximum Gasteiger partial charge on any atom is 0.179 e. The molecule has 0 N–H and O–H groups in total. The highest BCUT2D eigenvalue weighted by Crippen LogP contribution is 2.19. The van der Waals surface area contributed by atoms with Crippen molar-refractivity contribution in [1.82, 2.24) is 4.90 Å². The number of Topliss-reactive ketones (excluding diaryl/α,β-unsaturated/α-hetero) is 1. The summed E-state index contributed by atoms with van der Waals surface area (Å²) in [6, 6.07) is 7.78. The molecule has 1 aromatic carbocycles. The summed E-state index contributed by atoms with van der Waals surface area (Å²) in [7, 11) is 0. The first-order valence-electron chi connectivity index (χ1n) is 7.57. The van der Waals surface area contributed by atoms with Crippen LogP contribution < -0.4 is 0 Å². The average molecular weight is 306 g/mol. The summed E-state index contributed by atoms with van der Waals surface area (Å²) in [4.78, 5) is 15.1. The van der Waals surface area contributed by atoms with Gasteiger partial charge < -0.3 is 0 Å². The minimum Gasteiger partial charge on any atom is -0.293 e. The number of hydrogen-bond acceptors (Lipinski definition) is 2. The molecular weight excluding hydrogens is 282 g/mol. The Hall–Kier alpha value is -1.30. The van der Waals surface area contributed by atoms with Crippen molar-refractivity contribution in [2.24, 2.45) is 0 Å². The predicted octanol–water partition coefficient (Wildman–Crippen LogP) is 3.93. The van der Waals surface area contributed by atoms with Crippen LogP contribution in [0, 0.1) is 11.8 Å². The van der Waals surface area contributed by atoms with Crippen molar-refractivity contribution in [3.8, 4) is 11.8 Å². The van der Waals surface area contributed by atoms with Crippen molar-refractivity contribution >= 4 is 18.2 Å². The molecule has 21 heavy (non-hydrogen) atoms. The standard InChI is InChI=1S/C18H23NO.ClH/c1-3-7-15-9-11-16(12-10-15)18(20)17(8-4-2)19-13-5-6-14-19;/h9-12,17H,4-6,8,13-14H2,1-2H3;1H. The second-order valence-electron chi connectivity index (χ2n) is 5.36. The Morgan fingerprint density at radius 2 is 1.86 bits per heavy atom. The molecule has 0 aliphatic carbocycles. The Labute approximate surface area is 134 Å². The van der Waals surface area contributed by atoms with Crippen LogP contribution in [-0.2, 0) is 0 Å². The fourth-order valence-electron chi connectivity index (χ4n) is 2.86. The number of carbonyl (C=O) groups excluding carboxylic acids is 1. The highest BCUT2D eigenvalue weighted by atomic mass is 35.5. The van der Waals surface area contributed by atoms with Gasteiger partial charge in [-0.3, -0.25) is 9.69 Å². The Kier molecular flexibility index (Phi) is 7.50. The topological polar surface area (TPSA) is 20.3 Å². The summed E-state index contributed by atoms with van der Waals surface area (Å²) >= 11 is 0. The maximum atomic E-state index is 12.7. The monoisotopic (exact) mass is 305 g/mol. The summed E-state index contributed by atoms with van der Waals surface area (Å²) in [6.45, 7) is 6.10. The average Bonchev–Trinajstić information content (AvgIpc) is 2.99. The lowest BCUT2D eigenvalue weighted by molar-refractivity contribution is 0.0837. The van der Waals surface area contributed by atoms with E-state index in [2.05, 4.69) is 23.7 Å². The molecule has 1 aliphatic heterocycles. The van der Waals surface area contributed by atoms with Gasteiger partial charge in [0.15, 0.2) is 5.78 Å². The maximum absolute atomic E-state index is 12.7. The highest BCUT2D eigenvalue weighted by Gasteiger charge is 2.27. The van der Waals surface area contributed by atoms with Crippen LogP contribution in [0.3, 0.4) is 0 Å². The summed E-state index contributed by atoms with van der Waals surface area (Å²) in [5, 5.41) is 0. The van der Waals surface area contributed by atoms with Crippen molar-refractivity contribution in [2.75, 3.05) is 13.1 Å². The number of rotatable bonds is 5. The van der Waals surface area contributed by atoms with E-state index in [0.29, 0.717) is 0 Å². The summed E-state index contributed by atoms with van der Waals surface area (Å²) < 4.78 is 0. The third-order valence-corrected chi connectivity index (χ3v) is 3.88. The second-order valence-corrected chi connectivity index (χ2v) is 5.36. The Bertz CT molecular complexity index is 506. The summed E-state index contributed by atoms with van der Waals surface area (Å²) in [5.74, 6) is 6.16. The minimum absolute atomic E-state index is 0. The molecule has 2 rings (SSSR count). The van der Waals surface area contributed by atoms with Gasteiger partial charge in [0.05, 0.1) is 6.04 Å². The lowest BCUT2D eigenvalue weighted by Crippen LogP contribution is -2.39. The van der Waals surface area contributed by atoms with Gasteiger partial charge in [-0.15, -0.1) is 18.3 Å². The van der Waals surface area contributed by atoms with E-state index in [0.717, 1.165) is 37.1 Å². The number of ketones is 1. The van der Waals surface area contributed by atoms with Crippen molar-refractivity contribution in [1.29, 1.82) is 0 Å². The SMILES string of the molecule is CC#Cc1ccc(C(=O)C(CCC)N2CCCC2)cc1.Cl. The van der Waals surface area contributed by atoms with Crippen molar-refractivity contribution < 1.29 is 4.79 Å². The first-order chi connectivity index (χ1) is 9.76. The van der Waals surface area contributed by atoms with Crippen LogP contribution in [0.15, 0.2) is 24.3 Å². The highest BCUT2D eigenvalue weighted by molar-refractivity contribution is 6.00. The molecule has 0 saturated carbocycles. The molecule has 1 saturated heterocycles. The van der Waals surface area contributed by atoms with Crippen LogP contribution in [0.1, 0.15) is 55.5 Å². The molecule has 3 heteroatoms. The molecule has 1 atom stereocenters. The zero-order valence-corrected chi connectivity index (χ0v) is 13.7. The molecule has 1 unspecified atom stereocenters. The van der Waals surface area contributed by atoms with Crippen molar-refractivity contribution in [3.63, 3.8) is 0 Å². The van der Waals surface area contributed by atoms with E-state index in [4.69, 9.17) is 0 Å². The molecule has 0 bridgehead atoms. The molecule has 0 amide bonds. The van der Waals surface area contributed by atoms with Gasteiger partial charge in [0, 0.05) is 11.1 Å². The molecule has 1 fully saturated rings. The van der Waals surface area contributed by atoms with E-state index < -0.39 is 0 Å². The zero-order valence-electron chi connectivity index (χ0n) is 12.9. The van der Waals surface area contributed by atoms with Crippen LogP contribution in [0.2, 0.25) is 0 Å². The van der Waals surface area contributed by atoms with Gasteiger partial charge in [-0.1, -0.05) is 31.4 Å². The lowest BCUT2D eigenvalue weighted by atomic mass is 9.98. The minimum atomic E-state index is 0. The zero-order chi connectivity index (χ0) is 14.4. The molecule has 2 nitrogen and oxygen atoms in total. The van der Waals surface area contributed by atoms with E-state index in [1.54, 1.807) is 0 Å².